The van der Waals surface area contributed by atoms with Gasteiger partial charge in [-0.25, -0.2) is 0 Å². The Bertz CT molecular complexity index is 1220. The van der Waals surface area contributed by atoms with Crippen molar-refractivity contribution in [3.63, 3.8) is 0 Å². The molecule has 0 aliphatic carbocycles. The molecular formula is C88H180N4O4. The number of amides is 4. The van der Waals surface area contributed by atoms with Gasteiger partial charge in [0.1, 0.15) is 0 Å². The van der Waals surface area contributed by atoms with E-state index in [2.05, 4.69) is 27.7 Å². The van der Waals surface area contributed by atoms with E-state index in [-0.39, 0.29) is 23.6 Å². The Balaban J connectivity index is -0.000000588. The largest absolute Gasteiger partial charge is 0.370 e. The third kappa shape index (κ3) is 113. The fourth-order valence-corrected chi connectivity index (χ4v) is 13.5. The molecule has 0 aliphatic rings. The minimum absolute atomic E-state index is 0.151. The summed E-state index contributed by atoms with van der Waals surface area (Å²) in [6.07, 6.45) is 107. The van der Waals surface area contributed by atoms with E-state index >= 15 is 0 Å². The van der Waals surface area contributed by atoms with Gasteiger partial charge in [0.2, 0.25) is 23.6 Å². The Morgan fingerprint density at radius 3 is 0.250 bits per heavy atom. The molecule has 8 nitrogen and oxygen atoms in total. The monoisotopic (exact) mass is 1360 g/mol. The normalized spacial score (nSPS) is 11.0. The number of unbranched alkanes of at least 4 members (excludes halogenated alkanes) is 72. The Labute approximate surface area is 604 Å². The van der Waals surface area contributed by atoms with Crippen molar-refractivity contribution in [3.8, 4) is 0 Å². The highest BCUT2D eigenvalue weighted by Crippen LogP contribution is 2.20. The molecule has 0 aromatic heterocycles. The Morgan fingerprint density at radius 1 is 0.125 bits per heavy atom. The summed E-state index contributed by atoms with van der Waals surface area (Å²) in [6, 6.07) is 0. The van der Waals surface area contributed by atoms with Crippen LogP contribution in [-0.4, -0.2) is 23.6 Å². The second-order valence-electron chi connectivity index (χ2n) is 30.3. The zero-order chi connectivity index (χ0) is 70.9. The molecule has 0 bridgehead atoms. The number of carbonyl (C=O) groups excluding carboxylic acids is 4. The van der Waals surface area contributed by atoms with Crippen LogP contribution in [0.25, 0.3) is 0 Å². The minimum Gasteiger partial charge on any atom is -0.370 e. The molecule has 0 fully saturated rings. The van der Waals surface area contributed by atoms with Gasteiger partial charge in [-0.3, -0.25) is 19.2 Å². The quantitative estimate of drug-likeness (QED) is 0.0444. The summed E-state index contributed by atoms with van der Waals surface area (Å²) in [7, 11) is 0. The van der Waals surface area contributed by atoms with Gasteiger partial charge >= 0.3 is 0 Å². The highest BCUT2D eigenvalue weighted by atomic mass is 16.2. The van der Waals surface area contributed by atoms with Gasteiger partial charge in [-0.1, -0.05) is 490 Å². The van der Waals surface area contributed by atoms with E-state index < -0.39 is 0 Å². The fraction of sp³-hybridized carbons (Fsp3) is 0.955. The predicted molar refractivity (Wildman–Crippen MR) is 429 cm³/mol. The number of hydrogen-bond acceptors (Lipinski definition) is 4. The smallest absolute Gasteiger partial charge is 0.217 e. The van der Waals surface area contributed by atoms with E-state index in [0.29, 0.717) is 25.7 Å². The molecule has 0 saturated heterocycles. The topological polar surface area (TPSA) is 172 Å². The van der Waals surface area contributed by atoms with E-state index in [1.54, 1.807) is 0 Å². The average Bonchev–Trinajstić information content (AvgIpc) is 3.57. The predicted octanol–water partition coefficient (Wildman–Crippen LogP) is 29.2. The second-order valence-corrected chi connectivity index (χ2v) is 30.3. The third-order valence-corrected chi connectivity index (χ3v) is 20.1. The number of rotatable bonds is 80. The lowest BCUT2D eigenvalue weighted by molar-refractivity contribution is -0.119. The lowest BCUT2D eigenvalue weighted by Crippen LogP contribution is -2.09. The molecule has 96 heavy (non-hydrogen) atoms. The number of primary amides is 4. The molecule has 0 aliphatic heterocycles. The molecule has 8 heteroatoms. The molecular weight excluding hydrogens is 1180 g/mol. The number of nitrogens with two attached hydrogens (primary N) is 4. The highest BCUT2D eigenvalue weighted by molar-refractivity contribution is 5.74. The van der Waals surface area contributed by atoms with Crippen LogP contribution < -0.4 is 22.9 Å². The van der Waals surface area contributed by atoms with Gasteiger partial charge in [-0.2, -0.15) is 0 Å². The summed E-state index contributed by atoms with van der Waals surface area (Å²) in [5, 5.41) is 0. The van der Waals surface area contributed by atoms with Gasteiger partial charge in [0.05, 0.1) is 0 Å². The molecule has 576 valence electrons. The van der Waals surface area contributed by atoms with Crippen LogP contribution in [0.2, 0.25) is 0 Å². The van der Waals surface area contributed by atoms with Crippen LogP contribution in [-0.2, 0) is 19.2 Å². The van der Waals surface area contributed by atoms with E-state index in [0.717, 1.165) is 25.7 Å². The summed E-state index contributed by atoms with van der Waals surface area (Å²) in [4.78, 5) is 42.4. The van der Waals surface area contributed by atoms with Crippen LogP contribution in [0.15, 0.2) is 0 Å². The van der Waals surface area contributed by atoms with Gasteiger partial charge < -0.3 is 22.9 Å². The Hall–Kier alpha value is -2.12. The van der Waals surface area contributed by atoms with Crippen molar-refractivity contribution in [1.82, 2.24) is 0 Å². The van der Waals surface area contributed by atoms with Crippen molar-refractivity contribution in [2.45, 2.75) is 541 Å². The van der Waals surface area contributed by atoms with E-state index in [4.69, 9.17) is 22.9 Å². The maximum Gasteiger partial charge on any atom is 0.217 e. The molecule has 0 radical (unpaired) electrons. The van der Waals surface area contributed by atoms with Crippen LogP contribution >= 0.6 is 0 Å². The summed E-state index contributed by atoms with van der Waals surface area (Å²) < 4.78 is 0. The number of carbonyl (C=O) groups is 4. The van der Waals surface area contributed by atoms with Crippen LogP contribution in [0.1, 0.15) is 541 Å². The fourth-order valence-electron chi connectivity index (χ4n) is 13.5. The van der Waals surface area contributed by atoms with Gasteiger partial charge in [0, 0.05) is 25.7 Å². The molecule has 0 saturated carbocycles. The van der Waals surface area contributed by atoms with Crippen LogP contribution in [0.3, 0.4) is 0 Å². The van der Waals surface area contributed by atoms with Crippen LogP contribution in [0.4, 0.5) is 0 Å². The summed E-state index contributed by atoms with van der Waals surface area (Å²) >= 11 is 0. The van der Waals surface area contributed by atoms with Crippen molar-refractivity contribution in [3.05, 3.63) is 0 Å². The maximum absolute atomic E-state index is 10.6. The zero-order valence-corrected chi connectivity index (χ0v) is 66.5. The van der Waals surface area contributed by atoms with Crippen LogP contribution in [0, 0.1) is 0 Å². The first-order chi connectivity index (χ1) is 47.1. The standard InChI is InChI=1S/4C22H45NO/c4*1-2-3-4-5-6-7-8-9-10-11-12-13-14-15-16-17-18-19-20-21-22(23)24/h4*2-21H2,1H3,(H2,23,24). The SMILES string of the molecule is CCCCCCCCCCCCCCCCCCCCCC(N)=O.CCCCCCCCCCCCCCCCCCCCCC(N)=O.CCCCCCCCCCCCCCCCCCCCCC(N)=O.CCCCCCCCCCCCCCCCCCCCCC(N)=O. The molecule has 0 aromatic rings. The first-order valence-corrected chi connectivity index (χ1v) is 44.2. The average molecular weight is 1360 g/mol. The first kappa shape index (κ1) is 100. The first-order valence-electron chi connectivity index (χ1n) is 44.2. The molecule has 4 amide bonds. The lowest BCUT2D eigenvalue weighted by atomic mass is 10.0. The Kier molecular flexibility index (Phi) is 101. The van der Waals surface area contributed by atoms with E-state index in [1.165, 1.54) is 462 Å². The third-order valence-electron chi connectivity index (χ3n) is 20.1. The van der Waals surface area contributed by atoms with E-state index in [9.17, 15) is 19.2 Å². The van der Waals surface area contributed by atoms with Crippen molar-refractivity contribution >= 4 is 23.6 Å². The molecule has 0 heterocycles. The molecule has 0 spiro atoms. The van der Waals surface area contributed by atoms with Gasteiger partial charge in [-0.05, 0) is 25.7 Å². The van der Waals surface area contributed by atoms with Gasteiger partial charge in [0.25, 0.3) is 0 Å². The maximum atomic E-state index is 10.6. The van der Waals surface area contributed by atoms with Crippen molar-refractivity contribution in [2.24, 2.45) is 22.9 Å². The molecule has 0 rings (SSSR count). The molecule has 8 N–H and O–H groups in total. The van der Waals surface area contributed by atoms with Crippen molar-refractivity contribution < 1.29 is 19.2 Å². The van der Waals surface area contributed by atoms with Gasteiger partial charge in [-0.15, -0.1) is 0 Å². The summed E-state index contributed by atoms with van der Waals surface area (Å²) in [6.45, 7) is 9.15. The van der Waals surface area contributed by atoms with E-state index in [1.807, 2.05) is 0 Å². The second kappa shape index (κ2) is 97.1. The van der Waals surface area contributed by atoms with Crippen LogP contribution in [0.5, 0.6) is 0 Å². The summed E-state index contributed by atoms with van der Waals surface area (Å²) in [5.41, 5.74) is 20.5. The Morgan fingerprint density at radius 2 is 0.188 bits per heavy atom. The van der Waals surface area contributed by atoms with Gasteiger partial charge in [0.15, 0.2) is 0 Å². The van der Waals surface area contributed by atoms with Crippen molar-refractivity contribution in [2.75, 3.05) is 0 Å². The minimum atomic E-state index is -0.151. The molecule has 0 unspecified atom stereocenters. The highest BCUT2D eigenvalue weighted by Gasteiger charge is 2.03. The molecule has 0 aromatic carbocycles. The summed E-state index contributed by atoms with van der Waals surface area (Å²) in [5.74, 6) is -0.604. The lowest BCUT2D eigenvalue weighted by Gasteiger charge is -2.03. The molecule has 0 atom stereocenters. The van der Waals surface area contributed by atoms with Crippen molar-refractivity contribution in [1.29, 1.82) is 0 Å². The number of hydrogen-bond donors (Lipinski definition) is 4. The zero-order valence-electron chi connectivity index (χ0n) is 66.5.